The molecule has 0 aromatic heterocycles. The predicted octanol–water partition coefficient (Wildman–Crippen LogP) is 6.03. The van der Waals surface area contributed by atoms with Crippen molar-refractivity contribution in [2.45, 2.75) is 51.0 Å². The first-order valence-corrected chi connectivity index (χ1v) is 13.8. The van der Waals surface area contributed by atoms with Crippen LogP contribution in [0.25, 0.3) is 0 Å². The Kier molecular flexibility index (Phi) is 10.5. The molecule has 5 rings (SSSR count). The van der Waals surface area contributed by atoms with Gasteiger partial charge in [0.2, 0.25) is 0 Å². The van der Waals surface area contributed by atoms with Crippen molar-refractivity contribution in [1.29, 1.82) is 0 Å². The zero-order chi connectivity index (χ0) is 28.1. The Morgan fingerprint density at radius 3 is 1.54 bits per heavy atom. The van der Waals surface area contributed by atoms with Crippen molar-refractivity contribution in [1.82, 2.24) is 5.32 Å². The fourth-order valence-corrected chi connectivity index (χ4v) is 4.64. The lowest BCUT2D eigenvalue weighted by atomic mass is 10.1. The third kappa shape index (κ3) is 8.74. The molecule has 1 fully saturated rings. The van der Waals surface area contributed by atoms with Crippen molar-refractivity contribution in [3.05, 3.63) is 144 Å². The third-order valence-electron chi connectivity index (χ3n) is 6.75. The Morgan fingerprint density at radius 2 is 1.02 bits per heavy atom. The molecule has 4 atom stereocenters. The molecule has 4 aromatic carbocycles. The number of carbonyl (C=O) groups is 1. The smallest absolute Gasteiger partial charge is 0.409 e. The summed E-state index contributed by atoms with van der Waals surface area (Å²) in [7, 11) is 0. The van der Waals surface area contributed by atoms with E-state index in [0.717, 1.165) is 22.3 Å². The van der Waals surface area contributed by atoms with E-state index < -0.39 is 30.6 Å². The highest BCUT2D eigenvalue weighted by Crippen LogP contribution is 2.28. The lowest BCUT2D eigenvalue weighted by Crippen LogP contribution is -2.46. The van der Waals surface area contributed by atoms with Gasteiger partial charge < -0.3 is 23.7 Å². The maximum Gasteiger partial charge on any atom is 0.409 e. The van der Waals surface area contributed by atoms with Gasteiger partial charge in [-0.25, -0.2) is 4.79 Å². The SMILES string of the molecule is O=C(NC1O[C@H](COCc2ccccc2)[C@@H](OCc2ccccc2)[C@@H]1OCc1ccccc1)OCc1ccccc1. The van der Waals surface area contributed by atoms with Crippen molar-refractivity contribution in [3.8, 4) is 0 Å². The normalized spacial score (nSPS) is 20.0. The summed E-state index contributed by atoms with van der Waals surface area (Å²) in [6.45, 7) is 1.53. The molecule has 7 nitrogen and oxygen atoms in total. The van der Waals surface area contributed by atoms with Gasteiger partial charge in [-0.3, -0.25) is 5.32 Å². The zero-order valence-corrected chi connectivity index (χ0v) is 22.8. The first kappa shape index (κ1) is 28.5. The van der Waals surface area contributed by atoms with Gasteiger partial charge in [0.15, 0.2) is 6.23 Å². The van der Waals surface area contributed by atoms with E-state index in [0.29, 0.717) is 19.8 Å². The second-order valence-corrected chi connectivity index (χ2v) is 9.82. The number of hydrogen-bond donors (Lipinski definition) is 1. The minimum Gasteiger partial charge on any atom is -0.445 e. The fraction of sp³-hybridized carbons (Fsp3) is 0.265. The molecule has 1 unspecified atom stereocenters. The summed E-state index contributed by atoms with van der Waals surface area (Å²) in [6, 6.07) is 39.3. The average Bonchev–Trinajstić information content (AvgIpc) is 3.35. The van der Waals surface area contributed by atoms with Gasteiger partial charge in [0.25, 0.3) is 0 Å². The standard InChI is InChI=1S/C34H35NO6/c36-34(40-24-29-19-11-4-12-20-29)35-33-32(39-23-28-17-9-3-10-18-28)31(38-22-27-15-7-2-8-16-27)30(41-33)25-37-21-26-13-5-1-6-14-26/h1-20,30-33H,21-25H2,(H,35,36)/t30-,31-,32+,33?/m1/s1. The molecule has 1 aliphatic heterocycles. The van der Waals surface area contributed by atoms with Crippen molar-refractivity contribution < 1.29 is 28.5 Å². The minimum absolute atomic E-state index is 0.145. The molecule has 41 heavy (non-hydrogen) atoms. The summed E-state index contributed by atoms with van der Waals surface area (Å²) in [6.07, 6.45) is -2.99. The Hall–Kier alpha value is -4.01. The van der Waals surface area contributed by atoms with Crippen LogP contribution in [0.4, 0.5) is 4.79 Å². The van der Waals surface area contributed by atoms with Gasteiger partial charge in [-0.2, -0.15) is 0 Å². The maximum absolute atomic E-state index is 12.8. The number of amides is 1. The topological polar surface area (TPSA) is 75.3 Å². The van der Waals surface area contributed by atoms with Crippen molar-refractivity contribution in [2.75, 3.05) is 6.61 Å². The minimum atomic E-state index is -0.798. The molecule has 1 amide bonds. The summed E-state index contributed by atoms with van der Waals surface area (Å²) in [4.78, 5) is 12.8. The molecule has 212 valence electrons. The monoisotopic (exact) mass is 553 g/mol. The van der Waals surface area contributed by atoms with Crippen LogP contribution in [0.2, 0.25) is 0 Å². The zero-order valence-electron chi connectivity index (χ0n) is 22.8. The second kappa shape index (κ2) is 15.1. The number of benzene rings is 4. The molecule has 0 radical (unpaired) electrons. The fourth-order valence-electron chi connectivity index (χ4n) is 4.64. The molecule has 0 bridgehead atoms. The highest BCUT2D eigenvalue weighted by Gasteiger charge is 2.47. The molecule has 0 saturated carbocycles. The average molecular weight is 554 g/mol. The molecule has 7 heteroatoms. The molecule has 0 aliphatic carbocycles. The van der Waals surface area contributed by atoms with Gasteiger partial charge in [0.05, 0.1) is 26.4 Å². The predicted molar refractivity (Wildman–Crippen MR) is 155 cm³/mol. The number of rotatable bonds is 13. The summed E-state index contributed by atoms with van der Waals surface area (Å²) in [5.41, 5.74) is 3.98. The summed E-state index contributed by atoms with van der Waals surface area (Å²) < 4.78 is 30.7. The van der Waals surface area contributed by atoms with E-state index in [1.54, 1.807) is 0 Å². The number of alkyl carbamates (subject to hydrolysis) is 1. The number of carbonyl (C=O) groups excluding carboxylic acids is 1. The number of ether oxygens (including phenoxy) is 5. The number of nitrogens with one attached hydrogen (secondary N) is 1. The lowest BCUT2D eigenvalue weighted by Gasteiger charge is -2.25. The van der Waals surface area contributed by atoms with Gasteiger partial charge in [-0.1, -0.05) is 121 Å². The van der Waals surface area contributed by atoms with Crippen LogP contribution in [-0.2, 0) is 50.1 Å². The van der Waals surface area contributed by atoms with E-state index >= 15 is 0 Å². The van der Waals surface area contributed by atoms with E-state index in [4.69, 9.17) is 23.7 Å². The van der Waals surface area contributed by atoms with E-state index in [1.807, 2.05) is 121 Å². The van der Waals surface area contributed by atoms with Gasteiger partial charge in [-0.05, 0) is 22.3 Å². The second-order valence-electron chi connectivity index (χ2n) is 9.82. The first-order valence-electron chi connectivity index (χ1n) is 13.8. The molecule has 0 spiro atoms. The van der Waals surface area contributed by atoms with Gasteiger partial charge >= 0.3 is 6.09 Å². The molecule has 1 aliphatic rings. The van der Waals surface area contributed by atoms with Crippen LogP contribution < -0.4 is 5.32 Å². The van der Waals surface area contributed by atoms with Crippen LogP contribution >= 0.6 is 0 Å². The van der Waals surface area contributed by atoms with Crippen molar-refractivity contribution >= 4 is 6.09 Å². The van der Waals surface area contributed by atoms with E-state index in [2.05, 4.69) is 5.32 Å². The Morgan fingerprint density at radius 1 is 0.585 bits per heavy atom. The van der Waals surface area contributed by atoms with Crippen LogP contribution in [0.5, 0.6) is 0 Å². The summed E-state index contributed by atoms with van der Waals surface area (Å²) >= 11 is 0. The van der Waals surface area contributed by atoms with Crippen molar-refractivity contribution in [2.24, 2.45) is 0 Å². The highest BCUT2D eigenvalue weighted by molar-refractivity contribution is 5.67. The molecule has 1 N–H and O–H groups in total. The van der Waals surface area contributed by atoms with E-state index in [1.165, 1.54) is 0 Å². The molecule has 1 saturated heterocycles. The van der Waals surface area contributed by atoms with Gasteiger partial charge in [0.1, 0.15) is 24.9 Å². The Balaban J connectivity index is 1.29. The largest absolute Gasteiger partial charge is 0.445 e. The summed E-state index contributed by atoms with van der Waals surface area (Å²) in [5, 5.41) is 2.86. The maximum atomic E-state index is 12.8. The molecular formula is C34H35NO6. The van der Waals surface area contributed by atoms with Crippen LogP contribution in [0.15, 0.2) is 121 Å². The molecule has 1 heterocycles. The Labute approximate surface area is 241 Å². The van der Waals surface area contributed by atoms with Crippen LogP contribution in [-0.4, -0.2) is 37.2 Å². The first-order chi connectivity index (χ1) is 20.2. The van der Waals surface area contributed by atoms with Crippen LogP contribution in [0, 0.1) is 0 Å². The molecule has 4 aromatic rings. The van der Waals surface area contributed by atoms with Crippen LogP contribution in [0.1, 0.15) is 22.3 Å². The number of hydrogen-bond acceptors (Lipinski definition) is 6. The van der Waals surface area contributed by atoms with Crippen LogP contribution in [0.3, 0.4) is 0 Å². The van der Waals surface area contributed by atoms with Crippen molar-refractivity contribution in [3.63, 3.8) is 0 Å². The summed E-state index contributed by atoms with van der Waals surface area (Å²) in [5.74, 6) is 0. The quantitative estimate of drug-likeness (QED) is 0.218. The van der Waals surface area contributed by atoms with E-state index in [9.17, 15) is 4.79 Å². The Bertz CT molecular complexity index is 1310. The van der Waals surface area contributed by atoms with Gasteiger partial charge in [-0.15, -0.1) is 0 Å². The lowest BCUT2D eigenvalue weighted by molar-refractivity contribution is -0.0900. The molecular weight excluding hydrogens is 518 g/mol. The van der Waals surface area contributed by atoms with E-state index in [-0.39, 0.29) is 13.2 Å². The highest BCUT2D eigenvalue weighted by atomic mass is 16.6. The van der Waals surface area contributed by atoms with Gasteiger partial charge in [0, 0.05) is 0 Å². The third-order valence-corrected chi connectivity index (χ3v) is 6.75.